The van der Waals surface area contributed by atoms with Gasteiger partial charge in [-0.1, -0.05) is 128 Å². The number of phosphoric acid groups is 1. The highest BCUT2D eigenvalue weighted by molar-refractivity contribution is 7.47. The lowest BCUT2D eigenvalue weighted by Gasteiger charge is -2.41. The van der Waals surface area contributed by atoms with Gasteiger partial charge < -0.3 is 39.9 Å². The molecule has 14 heteroatoms. The number of carbonyl (C=O) groups excluding carboxylic acids is 2. The lowest BCUT2D eigenvalue weighted by Crippen LogP contribution is -2.64. The molecule has 0 spiro atoms. The summed E-state index contributed by atoms with van der Waals surface area (Å²) in [6, 6.07) is 0. The maximum atomic E-state index is 12.8. The van der Waals surface area contributed by atoms with Crippen LogP contribution in [0.15, 0.2) is 24.3 Å². The summed E-state index contributed by atoms with van der Waals surface area (Å²) in [7, 11) is -5.12. The van der Waals surface area contributed by atoms with Gasteiger partial charge in [-0.25, -0.2) is 4.57 Å². The molecule has 57 heavy (non-hydrogen) atoms. The predicted molar refractivity (Wildman–Crippen MR) is 221 cm³/mol. The third kappa shape index (κ3) is 26.9. The van der Waals surface area contributed by atoms with Crippen molar-refractivity contribution in [2.24, 2.45) is 0 Å². The zero-order chi connectivity index (χ0) is 42.2. The molecule has 0 saturated heterocycles. The van der Waals surface area contributed by atoms with Crippen molar-refractivity contribution in [1.82, 2.24) is 0 Å². The number of aliphatic hydroxyl groups is 5. The quantitative estimate of drug-likeness (QED) is 0.0153. The minimum Gasteiger partial charge on any atom is -0.462 e. The Morgan fingerprint density at radius 2 is 0.895 bits per heavy atom. The van der Waals surface area contributed by atoms with E-state index in [4.69, 9.17) is 18.5 Å². The van der Waals surface area contributed by atoms with Crippen LogP contribution in [0.2, 0.25) is 0 Å². The van der Waals surface area contributed by atoms with Gasteiger partial charge in [0, 0.05) is 12.8 Å². The van der Waals surface area contributed by atoms with Gasteiger partial charge in [0.15, 0.2) is 6.10 Å². The Balaban J connectivity index is 2.50. The summed E-state index contributed by atoms with van der Waals surface area (Å²) < 4.78 is 33.4. The molecule has 0 heterocycles. The van der Waals surface area contributed by atoms with E-state index >= 15 is 0 Å². The fourth-order valence-corrected chi connectivity index (χ4v) is 7.60. The number of hydrogen-bond donors (Lipinski definition) is 6. The molecule has 0 bridgehead atoms. The first-order valence-corrected chi connectivity index (χ1v) is 23.6. The molecule has 334 valence electrons. The monoisotopic (exact) mass is 835 g/mol. The summed E-state index contributed by atoms with van der Waals surface area (Å²) in [6.07, 6.45) is 22.4. The number of phosphoric ester groups is 1. The number of hydrogen-bond acceptors (Lipinski definition) is 12. The van der Waals surface area contributed by atoms with E-state index in [1.54, 1.807) is 0 Å². The molecule has 0 amide bonds. The molecular formula is C43H79O13P. The largest absolute Gasteiger partial charge is 0.472 e. The van der Waals surface area contributed by atoms with Crippen LogP contribution in [-0.2, 0) is 32.7 Å². The zero-order valence-electron chi connectivity index (χ0n) is 35.1. The summed E-state index contributed by atoms with van der Waals surface area (Å²) in [5.74, 6) is -1.13. The van der Waals surface area contributed by atoms with Gasteiger partial charge in [-0.15, -0.1) is 0 Å². The van der Waals surface area contributed by atoms with Crippen molar-refractivity contribution in [3.8, 4) is 0 Å². The van der Waals surface area contributed by atoms with Crippen molar-refractivity contribution < 1.29 is 63.1 Å². The van der Waals surface area contributed by atoms with Crippen molar-refractivity contribution in [3.63, 3.8) is 0 Å². The Hall–Kier alpha value is -1.67. The third-order valence-electron chi connectivity index (χ3n) is 10.3. The molecule has 0 aromatic heterocycles. The second-order valence-electron chi connectivity index (χ2n) is 15.5. The first-order chi connectivity index (χ1) is 27.4. The number of unbranched alkanes of at least 4 members (excludes halogenated alkanes) is 20. The number of rotatable bonds is 36. The van der Waals surface area contributed by atoms with Gasteiger partial charge in [-0.2, -0.15) is 0 Å². The summed E-state index contributed by atoms with van der Waals surface area (Å²) in [5, 5.41) is 50.1. The van der Waals surface area contributed by atoms with Crippen molar-refractivity contribution in [2.75, 3.05) is 13.2 Å². The second-order valence-corrected chi connectivity index (χ2v) is 16.9. The highest BCUT2D eigenvalue weighted by Gasteiger charge is 2.51. The minimum atomic E-state index is -5.12. The number of carbonyl (C=O) groups is 2. The first-order valence-electron chi connectivity index (χ1n) is 22.1. The number of aliphatic hydroxyl groups excluding tert-OH is 5. The maximum absolute atomic E-state index is 12.8. The Kier molecular flexibility index (Phi) is 31.9. The molecule has 1 aliphatic rings. The highest BCUT2D eigenvalue weighted by Crippen LogP contribution is 2.47. The van der Waals surface area contributed by atoms with E-state index in [2.05, 4.69) is 38.2 Å². The predicted octanol–water partition coefficient (Wildman–Crippen LogP) is 8.06. The molecule has 13 nitrogen and oxygen atoms in total. The van der Waals surface area contributed by atoms with Crippen LogP contribution < -0.4 is 0 Å². The second kappa shape index (κ2) is 34.1. The van der Waals surface area contributed by atoms with Gasteiger partial charge in [-0.3, -0.25) is 18.6 Å². The molecule has 1 fully saturated rings. The smallest absolute Gasteiger partial charge is 0.462 e. The molecule has 8 atom stereocenters. The molecule has 0 radical (unpaired) electrons. The van der Waals surface area contributed by atoms with Gasteiger partial charge in [0.2, 0.25) is 0 Å². The van der Waals surface area contributed by atoms with E-state index in [1.165, 1.54) is 77.0 Å². The van der Waals surface area contributed by atoms with E-state index in [0.717, 1.165) is 64.2 Å². The number of allylic oxidation sites excluding steroid dienone is 4. The van der Waals surface area contributed by atoms with E-state index in [-0.39, 0.29) is 12.8 Å². The van der Waals surface area contributed by atoms with Crippen molar-refractivity contribution >= 4 is 19.8 Å². The van der Waals surface area contributed by atoms with Gasteiger partial charge in [-0.05, 0) is 64.2 Å². The van der Waals surface area contributed by atoms with E-state index < -0.39 is 75.7 Å². The molecule has 1 rings (SSSR count). The lowest BCUT2D eigenvalue weighted by atomic mass is 9.85. The van der Waals surface area contributed by atoms with Gasteiger partial charge in [0.1, 0.15) is 43.2 Å². The lowest BCUT2D eigenvalue weighted by molar-refractivity contribution is -0.220. The van der Waals surface area contributed by atoms with E-state index in [9.17, 15) is 44.6 Å². The first kappa shape index (κ1) is 53.3. The average molecular weight is 835 g/mol. The molecule has 6 unspecified atom stereocenters. The summed E-state index contributed by atoms with van der Waals surface area (Å²) in [4.78, 5) is 35.6. The minimum absolute atomic E-state index is 0.0764. The van der Waals surface area contributed by atoms with E-state index in [1.807, 2.05) is 0 Å². The standard InChI is InChI=1S/C43H79O13P/c1-3-5-7-9-11-13-15-17-18-20-22-24-26-28-30-32-37(45)55-35(34-54-57(51,52)56-43-41(49)39(47)38(46)40(48)42(43)50)33-53-36(44)31-29-27-25-23-21-19-16-14-12-10-8-6-4-2/h14,16,20,22,35,38-43,46-50H,3-13,15,17-19,21,23-34H2,1-2H3,(H,51,52)/b16-14+,22-20+/t35-,38?,39-,40?,41?,42?,43?/m1/s1. The van der Waals surface area contributed by atoms with Crippen LogP contribution in [0.25, 0.3) is 0 Å². The van der Waals surface area contributed by atoms with E-state index in [0.29, 0.717) is 12.8 Å². The molecule has 6 N–H and O–H groups in total. The fourth-order valence-electron chi connectivity index (χ4n) is 6.63. The van der Waals surface area contributed by atoms with Crippen molar-refractivity contribution in [3.05, 3.63) is 24.3 Å². The van der Waals surface area contributed by atoms with Crippen LogP contribution in [0.5, 0.6) is 0 Å². The summed E-state index contributed by atoms with van der Waals surface area (Å²) >= 11 is 0. The van der Waals surface area contributed by atoms with Crippen molar-refractivity contribution in [1.29, 1.82) is 0 Å². The van der Waals surface area contributed by atoms with Crippen LogP contribution in [-0.4, -0.2) is 98.3 Å². The Bertz CT molecular complexity index is 1100. The van der Waals surface area contributed by atoms with Crippen LogP contribution in [0, 0.1) is 0 Å². The molecule has 1 aliphatic carbocycles. The molecule has 1 saturated carbocycles. The number of ether oxygens (including phenoxy) is 2. The number of esters is 2. The molecule has 0 aliphatic heterocycles. The summed E-state index contributed by atoms with van der Waals surface area (Å²) in [5.41, 5.74) is 0. The molecule has 0 aromatic carbocycles. The molecule has 0 aromatic rings. The van der Waals surface area contributed by atoms with Crippen molar-refractivity contribution in [2.45, 2.75) is 224 Å². The maximum Gasteiger partial charge on any atom is 0.472 e. The topological polar surface area (TPSA) is 210 Å². The van der Waals surface area contributed by atoms with Crippen LogP contribution in [0.4, 0.5) is 0 Å². The Labute approximate surface area is 343 Å². The van der Waals surface area contributed by atoms with Crippen LogP contribution in [0.1, 0.15) is 181 Å². The van der Waals surface area contributed by atoms with Gasteiger partial charge >= 0.3 is 19.8 Å². The average Bonchev–Trinajstić information content (AvgIpc) is 3.19. The van der Waals surface area contributed by atoms with Crippen LogP contribution in [0.3, 0.4) is 0 Å². The Morgan fingerprint density at radius 1 is 0.526 bits per heavy atom. The third-order valence-corrected chi connectivity index (χ3v) is 11.3. The van der Waals surface area contributed by atoms with Gasteiger partial charge in [0.05, 0.1) is 6.61 Å². The van der Waals surface area contributed by atoms with Crippen LogP contribution >= 0.6 is 7.82 Å². The SMILES string of the molecule is CCCCCC/C=C/CCCCCCCC(=O)OC[C@H](COP(=O)(O)OC1C(O)C(O)C(O)[C@@H](O)C1O)OC(=O)CCCCC/C=C/CCCCCCCCCC. The van der Waals surface area contributed by atoms with Gasteiger partial charge in [0.25, 0.3) is 0 Å². The highest BCUT2D eigenvalue weighted by atomic mass is 31.2. The summed E-state index contributed by atoms with van der Waals surface area (Å²) in [6.45, 7) is 3.25. The Morgan fingerprint density at radius 3 is 1.37 bits per heavy atom. The normalized spacial score (nSPS) is 22.9. The molecular weight excluding hydrogens is 755 g/mol. The zero-order valence-corrected chi connectivity index (χ0v) is 36.0. The fraction of sp³-hybridized carbons (Fsp3) is 0.860.